The van der Waals surface area contributed by atoms with Crippen LogP contribution < -0.4 is 4.90 Å². The van der Waals surface area contributed by atoms with E-state index in [9.17, 15) is 0 Å². The summed E-state index contributed by atoms with van der Waals surface area (Å²) in [5.41, 5.74) is 8.28. The first-order valence-electron chi connectivity index (χ1n) is 16.2. The van der Waals surface area contributed by atoms with E-state index in [4.69, 9.17) is 0 Å². The Kier molecular flexibility index (Phi) is 6.98. The smallest absolute Gasteiger partial charge is 0.188 e. The first-order valence-corrected chi connectivity index (χ1v) is 16.2. The van der Waals surface area contributed by atoms with Gasteiger partial charge in [-0.2, -0.15) is 0 Å². The largest absolute Gasteiger partial charge is 0.311 e. The highest BCUT2D eigenvalue weighted by atomic mass is 15.3. The van der Waals surface area contributed by atoms with Crippen LogP contribution in [0, 0.1) is 0 Å². The zero-order valence-electron chi connectivity index (χ0n) is 26.4. The Morgan fingerprint density at radius 1 is 0.408 bits per heavy atom. The number of rotatable bonds is 7. The highest BCUT2D eigenvalue weighted by Crippen LogP contribution is 2.38. The van der Waals surface area contributed by atoms with Crippen LogP contribution in [0.25, 0.3) is 56.2 Å². The summed E-state index contributed by atoms with van der Waals surface area (Å²) in [6.45, 7) is 0. The van der Waals surface area contributed by atoms with E-state index in [-0.39, 0.29) is 0 Å². The second-order valence-corrected chi connectivity index (χ2v) is 11.7. The molecule has 0 amide bonds. The van der Waals surface area contributed by atoms with E-state index >= 15 is 0 Å². The van der Waals surface area contributed by atoms with Crippen LogP contribution in [-0.2, 0) is 0 Å². The molecule has 0 N–H and O–H groups in total. The second kappa shape index (κ2) is 12.1. The fourth-order valence-corrected chi connectivity index (χ4v) is 6.57. The van der Waals surface area contributed by atoms with Crippen LogP contribution in [-0.4, -0.2) is 29.3 Å². The molecule has 0 spiro atoms. The molecule has 5 aromatic carbocycles. The van der Waals surface area contributed by atoms with Crippen molar-refractivity contribution in [1.82, 2.24) is 29.3 Å². The SMILES string of the molecule is c1ccc(N(c2ccc(-c3nnc(-c4ccccn4)n3-c3ccccn3)cc2)c2ccc(-n3c4ccccc4c4ccccc43)cc2)cc1. The van der Waals surface area contributed by atoms with E-state index in [2.05, 4.69) is 151 Å². The number of pyridine rings is 2. The summed E-state index contributed by atoms with van der Waals surface area (Å²) >= 11 is 0. The van der Waals surface area contributed by atoms with Crippen molar-refractivity contribution in [1.29, 1.82) is 0 Å². The third kappa shape index (κ3) is 5.01. The Hall–Kier alpha value is -6.86. The molecule has 0 aliphatic carbocycles. The van der Waals surface area contributed by atoms with E-state index in [1.54, 1.807) is 12.4 Å². The molecule has 0 aliphatic rings. The van der Waals surface area contributed by atoms with Gasteiger partial charge in [-0.05, 0) is 97.1 Å². The molecule has 4 aromatic heterocycles. The Labute approximate surface area is 283 Å². The Bertz CT molecular complexity index is 2470. The topological polar surface area (TPSA) is 64.7 Å². The minimum absolute atomic E-state index is 0.632. The molecule has 4 heterocycles. The quantitative estimate of drug-likeness (QED) is 0.175. The van der Waals surface area contributed by atoms with E-state index < -0.39 is 0 Å². The maximum atomic E-state index is 4.62. The standard InChI is InChI=1S/C42H29N7/c1-2-12-31(13-3-1)47(33-24-26-34(27-25-33)48-38-17-6-4-14-35(38)36-15-5-7-18-39(36)48)32-22-20-30(21-23-32)41-45-46-42(37-16-8-10-28-43-37)49(41)40-19-9-11-29-44-40/h1-29H. The lowest BCUT2D eigenvalue weighted by Crippen LogP contribution is -2.10. The number of hydrogen-bond acceptors (Lipinski definition) is 5. The van der Waals surface area contributed by atoms with Gasteiger partial charge in [-0.25, -0.2) is 4.98 Å². The van der Waals surface area contributed by atoms with Crippen LogP contribution in [0.5, 0.6) is 0 Å². The van der Waals surface area contributed by atoms with Gasteiger partial charge in [0.1, 0.15) is 11.5 Å². The number of benzene rings is 5. The molecule has 9 aromatic rings. The van der Waals surface area contributed by atoms with Crippen molar-refractivity contribution in [2.24, 2.45) is 0 Å². The Morgan fingerprint density at radius 2 is 0.959 bits per heavy atom. The summed E-state index contributed by atoms with van der Waals surface area (Å²) in [5.74, 6) is 2.04. The second-order valence-electron chi connectivity index (χ2n) is 11.7. The van der Waals surface area contributed by atoms with Gasteiger partial charge in [-0.1, -0.05) is 66.7 Å². The minimum atomic E-state index is 0.632. The molecular formula is C42H29N7. The number of anilines is 3. The van der Waals surface area contributed by atoms with Gasteiger partial charge in [0.2, 0.25) is 0 Å². The van der Waals surface area contributed by atoms with Crippen LogP contribution in [0.4, 0.5) is 17.1 Å². The fourth-order valence-electron chi connectivity index (χ4n) is 6.57. The lowest BCUT2D eigenvalue weighted by molar-refractivity contribution is 0.998. The molecule has 9 rings (SSSR count). The summed E-state index contributed by atoms with van der Waals surface area (Å²) in [5, 5.41) is 11.7. The van der Waals surface area contributed by atoms with Gasteiger partial charge in [-0.15, -0.1) is 10.2 Å². The normalized spacial score (nSPS) is 11.3. The number of aromatic nitrogens is 6. The average Bonchev–Trinajstić information content (AvgIpc) is 3.77. The third-order valence-corrected chi connectivity index (χ3v) is 8.78. The molecule has 0 fully saturated rings. The van der Waals surface area contributed by atoms with Gasteiger partial charge in [0, 0.05) is 51.5 Å². The molecule has 0 saturated heterocycles. The highest BCUT2D eigenvalue weighted by molar-refractivity contribution is 6.09. The van der Waals surface area contributed by atoms with Gasteiger partial charge in [0.05, 0.1) is 11.0 Å². The van der Waals surface area contributed by atoms with E-state index in [0.717, 1.165) is 39.8 Å². The number of nitrogens with zero attached hydrogens (tertiary/aromatic N) is 7. The third-order valence-electron chi connectivity index (χ3n) is 8.78. The summed E-state index contributed by atoms with van der Waals surface area (Å²) in [4.78, 5) is 11.4. The van der Waals surface area contributed by atoms with E-state index in [1.165, 1.54) is 21.8 Å². The maximum Gasteiger partial charge on any atom is 0.188 e. The van der Waals surface area contributed by atoms with Gasteiger partial charge in [0.25, 0.3) is 0 Å². The average molecular weight is 632 g/mol. The summed E-state index contributed by atoms with van der Waals surface area (Å²) in [6, 6.07) is 56.4. The Balaban J connectivity index is 1.12. The molecule has 49 heavy (non-hydrogen) atoms. The van der Waals surface area contributed by atoms with Gasteiger partial charge in [-0.3, -0.25) is 9.55 Å². The number of fused-ring (bicyclic) bond motifs is 3. The van der Waals surface area contributed by atoms with Crippen molar-refractivity contribution in [3.05, 3.63) is 176 Å². The molecule has 232 valence electrons. The van der Waals surface area contributed by atoms with Crippen LogP contribution in [0.15, 0.2) is 176 Å². The fraction of sp³-hybridized carbons (Fsp3) is 0. The van der Waals surface area contributed by atoms with Gasteiger partial charge in [0.15, 0.2) is 11.6 Å². The molecule has 0 unspecified atom stereocenters. The monoisotopic (exact) mass is 631 g/mol. The Morgan fingerprint density at radius 3 is 1.59 bits per heavy atom. The van der Waals surface area contributed by atoms with Crippen LogP contribution in [0.1, 0.15) is 0 Å². The van der Waals surface area contributed by atoms with Gasteiger partial charge >= 0.3 is 0 Å². The number of para-hydroxylation sites is 3. The lowest BCUT2D eigenvalue weighted by Gasteiger charge is -2.26. The molecule has 0 saturated carbocycles. The van der Waals surface area contributed by atoms with Crippen molar-refractivity contribution >= 4 is 38.9 Å². The first kappa shape index (κ1) is 28.4. The molecule has 7 nitrogen and oxygen atoms in total. The summed E-state index contributed by atoms with van der Waals surface area (Å²) < 4.78 is 4.30. The lowest BCUT2D eigenvalue weighted by atomic mass is 10.1. The van der Waals surface area contributed by atoms with Crippen LogP contribution in [0.3, 0.4) is 0 Å². The first-order chi connectivity index (χ1) is 24.3. The zero-order chi connectivity index (χ0) is 32.6. The predicted molar refractivity (Wildman–Crippen MR) is 197 cm³/mol. The maximum absolute atomic E-state index is 4.62. The predicted octanol–water partition coefficient (Wildman–Crippen LogP) is 9.96. The number of hydrogen-bond donors (Lipinski definition) is 0. The van der Waals surface area contributed by atoms with Crippen molar-refractivity contribution in [2.75, 3.05) is 4.90 Å². The van der Waals surface area contributed by atoms with E-state index in [0.29, 0.717) is 11.6 Å². The zero-order valence-corrected chi connectivity index (χ0v) is 26.4. The van der Waals surface area contributed by atoms with Crippen LogP contribution in [0.2, 0.25) is 0 Å². The molecule has 0 bridgehead atoms. The molecule has 0 radical (unpaired) electrons. The summed E-state index contributed by atoms with van der Waals surface area (Å²) in [6.07, 6.45) is 3.53. The van der Waals surface area contributed by atoms with Crippen molar-refractivity contribution in [3.63, 3.8) is 0 Å². The van der Waals surface area contributed by atoms with Gasteiger partial charge < -0.3 is 9.47 Å². The van der Waals surface area contributed by atoms with E-state index in [1.807, 2.05) is 47.0 Å². The molecule has 0 aliphatic heterocycles. The minimum Gasteiger partial charge on any atom is -0.311 e. The van der Waals surface area contributed by atoms with Crippen molar-refractivity contribution in [3.8, 4) is 34.4 Å². The van der Waals surface area contributed by atoms with Crippen molar-refractivity contribution in [2.45, 2.75) is 0 Å². The van der Waals surface area contributed by atoms with Crippen LogP contribution >= 0.6 is 0 Å². The molecular weight excluding hydrogens is 603 g/mol. The molecule has 0 atom stereocenters. The highest BCUT2D eigenvalue weighted by Gasteiger charge is 2.20. The molecule has 7 heteroatoms. The van der Waals surface area contributed by atoms with Crippen molar-refractivity contribution < 1.29 is 0 Å². The summed E-state index contributed by atoms with van der Waals surface area (Å²) in [7, 11) is 0.